The van der Waals surface area contributed by atoms with E-state index in [4.69, 9.17) is 0 Å². The Labute approximate surface area is 128 Å². The normalized spacial score (nSPS) is 14.0. The van der Waals surface area contributed by atoms with E-state index in [1.54, 1.807) is 4.90 Å². The molecule has 0 saturated carbocycles. The molecule has 0 amide bonds. The van der Waals surface area contributed by atoms with Crippen LogP contribution in [-0.2, 0) is 0 Å². The Bertz CT molecular complexity index is 238. The third-order valence-corrected chi connectivity index (χ3v) is 2.34. The van der Waals surface area contributed by atoms with Gasteiger partial charge in [-0.1, -0.05) is 62.3 Å². The second-order valence-corrected chi connectivity index (χ2v) is 9.46. The molecule has 0 saturated heterocycles. The topological polar surface area (TPSA) is 4.44 Å². The molecule has 0 unspecified atom stereocenters. The third kappa shape index (κ3) is 28.6. The van der Waals surface area contributed by atoms with Crippen LogP contribution in [0.15, 0.2) is 0 Å². The van der Waals surface area contributed by atoms with Crippen LogP contribution in [0.4, 0.5) is 17.3 Å². The van der Waals surface area contributed by atoms with Crippen molar-refractivity contribution in [1.82, 2.24) is 0 Å². The Kier molecular flexibility index (Phi) is 8.59. The second-order valence-electron chi connectivity index (χ2n) is 9.46. The smallest absolute Gasteiger partial charge is 0.418 e. The van der Waals surface area contributed by atoms with Crippen molar-refractivity contribution in [2.24, 2.45) is 16.2 Å². The SMILES string of the molecule is CC(C)(C)C[NH+](CC(C)(C)C)CC(C)(C)C.F[B-](F)(F)F. The first-order valence-electron chi connectivity index (χ1n) is 7.49. The van der Waals surface area contributed by atoms with E-state index in [1.165, 1.54) is 19.6 Å². The summed E-state index contributed by atoms with van der Waals surface area (Å²) in [5, 5.41) is 0. The van der Waals surface area contributed by atoms with Crippen LogP contribution in [0.3, 0.4) is 0 Å². The van der Waals surface area contributed by atoms with Crippen LogP contribution >= 0.6 is 0 Å². The lowest BCUT2D eigenvalue weighted by molar-refractivity contribution is -0.918. The maximum atomic E-state index is 9.75. The highest BCUT2D eigenvalue weighted by Crippen LogP contribution is 2.15. The number of nitrogens with one attached hydrogen (secondary N) is 1. The molecular formula is C15H34BF4N. The summed E-state index contributed by atoms with van der Waals surface area (Å²) in [4.78, 5) is 1.74. The van der Waals surface area contributed by atoms with E-state index in [-0.39, 0.29) is 0 Å². The number of rotatable bonds is 3. The van der Waals surface area contributed by atoms with Crippen molar-refractivity contribution >= 4 is 7.25 Å². The van der Waals surface area contributed by atoms with Gasteiger partial charge in [-0.25, -0.2) is 0 Å². The van der Waals surface area contributed by atoms with Gasteiger partial charge in [0, 0.05) is 16.2 Å². The van der Waals surface area contributed by atoms with E-state index in [2.05, 4.69) is 62.3 Å². The zero-order valence-electron chi connectivity index (χ0n) is 15.2. The fraction of sp³-hybridized carbons (Fsp3) is 1.00. The molecule has 0 fully saturated rings. The number of hydrogen-bond donors (Lipinski definition) is 1. The van der Waals surface area contributed by atoms with E-state index in [0.717, 1.165) is 0 Å². The van der Waals surface area contributed by atoms with E-state index < -0.39 is 7.25 Å². The molecule has 130 valence electrons. The van der Waals surface area contributed by atoms with Gasteiger partial charge in [-0.15, -0.1) is 0 Å². The van der Waals surface area contributed by atoms with Gasteiger partial charge in [0.15, 0.2) is 0 Å². The molecular weight excluding hydrogens is 281 g/mol. The second kappa shape index (κ2) is 7.84. The molecule has 0 aliphatic carbocycles. The summed E-state index contributed by atoms with van der Waals surface area (Å²) >= 11 is 0. The molecule has 6 heteroatoms. The first-order valence-corrected chi connectivity index (χ1v) is 7.49. The van der Waals surface area contributed by atoms with E-state index in [0.29, 0.717) is 16.2 Å². The van der Waals surface area contributed by atoms with Gasteiger partial charge in [0.25, 0.3) is 0 Å². The van der Waals surface area contributed by atoms with E-state index in [1.807, 2.05) is 0 Å². The molecule has 0 aromatic carbocycles. The van der Waals surface area contributed by atoms with Gasteiger partial charge in [0.2, 0.25) is 0 Å². The van der Waals surface area contributed by atoms with Crippen LogP contribution < -0.4 is 4.90 Å². The van der Waals surface area contributed by atoms with Crippen molar-refractivity contribution in [3.05, 3.63) is 0 Å². The first kappa shape index (κ1) is 23.0. The number of halogens is 4. The standard InChI is InChI=1S/C15H33N.BF4/c1-13(2,3)10-16(11-14(4,5)6)12-15(7,8)9;2-1(3,4)5/h10-12H2,1-9H3;/q;-1/p+1. The van der Waals surface area contributed by atoms with Crippen LogP contribution in [0.2, 0.25) is 0 Å². The highest BCUT2D eigenvalue weighted by Gasteiger charge is 2.28. The Morgan fingerprint density at radius 3 is 0.810 bits per heavy atom. The van der Waals surface area contributed by atoms with Crippen molar-refractivity contribution in [2.75, 3.05) is 19.6 Å². The maximum absolute atomic E-state index is 9.75. The first-order chi connectivity index (χ1) is 8.79. The van der Waals surface area contributed by atoms with E-state index >= 15 is 0 Å². The summed E-state index contributed by atoms with van der Waals surface area (Å²) in [6.45, 7) is 24.9. The molecule has 0 atom stereocenters. The van der Waals surface area contributed by atoms with Crippen LogP contribution in [0, 0.1) is 16.2 Å². The summed E-state index contributed by atoms with van der Waals surface area (Å²) in [7, 11) is -6.00. The Balaban J connectivity index is 0. The number of hydrogen-bond acceptors (Lipinski definition) is 0. The van der Waals surface area contributed by atoms with Gasteiger partial charge in [-0.3, -0.25) is 0 Å². The van der Waals surface area contributed by atoms with Crippen molar-refractivity contribution in [3.63, 3.8) is 0 Å². The van der Waals surface area contributed by atoms with Crippen LogP contribution in [0.25, 0.3) is 0 Å². The van der Waals surface area contributed by atoms with Gasteiger partial charge in [-0.05, 0) is 0 Å². The average molecular weight is 315 g/mol. The Hall–Kier alpha value is -0.255. The highest BCUT2D eigenvalue weighted by molar-refractivity contribution is 6.50. The average Bonchev–Trinajstić information content (AvgIpc) is 1.86. The lowest BCUT2D eigenvalue weighted by atomic mass is 9.89. The highest BCUT2D eigenvalue weighted by atomic mass is 19.5. The summed E-state index contributed by atoms with van der Waals surface area (Å²) in [6, 6.07) is 0. The summed E-state index contributed by atoms with van der Waals surface area (Å²) in [5.41, 5.74) is 1.27. The monoisotopic (exact) mass is 315 g/mol. The molecule has 0 aromatic heterocycles. The lowest BCUT2D eigenvalue weighted by Crippen LogP contribution is -3.15. The van der Waals surface area contributed by atoms with E-state index in [9.17, 15) is 17.3 Å². The predicted octanol–water partition coefficient (Wildman–Crippen LogP) is 4.31. The lowest BCUT2D eigenvalue weighted by Gasteiger charge is -2.35. The zero-order valence-corrected chi connectivity index (χ0v) is 15.2. The molecule has 0 bridgehead atoms. The van der Waals surface area contributed by atoms with Gasteiger partial charge < -0.3 is 22.2 Å². The van der Waals surface area contributed by atoms with Crippen molar-refractivity contribution < 1.29 is 22.2 Å². The molecule has 0 aliphatic rings. The predicted molar refractivity (Wildman–Crippen MR) is 84.1 cm³/mol. The van der Waals surface area contributed by atoms with Crippen LogP contribution in [0.1, 0.15) is 62.3 Å². The summed E-state index contributed by atoms with van der Waals surface area (Å²) in [5.74, 6) is 0. The maximum Gasteiger partial charge on any atom is 0.673 e. The van der Waals surface area contributed by atoms with Gasteiger partial charge in [-0.2, -0.15) is 0 Å². The molecule has 0 heterocycles. The van der Waals surface area contributed by atoms with Crippen LogP contribution in [0.5, 0.6) is 0 Å². The van der Waals surface area contributed by atoms with Crippen molar-refractivity contribution in [1.29, 1.82) is 0 Å². The summed E-state index contributed by atoms with van der Waals surface area (Å²) < 4.78 is 39.0. The van der Waals surface area contributed by atoms with Gasteiger partial charge in [0.05, 0.1) is 19.6 Å². The van der Waals surface area contributed by atoms with Crippen LogP contribution in [-0.4, -0.2) is 26.9 Å². The minimum absolute atomic E-state index is 0.422. The van der Waals surface area contributed by atoms with Gasteiger partial charge in [0.1, 0.15) is 0 Å². The molecule has 0 aromatic rings. The van der Waals surface area contributed by atoms with Crippen molar-refractivity contribution in [2.45, 2.75) is 62.3 Å². The van der Waals surface area contributed by atoms with Gasteiger partial charge >= 0.3 is 7.25 Å². The number of quaternary nitrogens is 1. The molecule has 1 nitrogen and oxygen atoms in total. The quantitative estimate of drug-likeness (QED) is 0.585. The Morgan fingerprint density at radius 2 is 0.714 bits per heavy atom. The fourth-order valence-electron chi connectivity index (χ4n) is 2.44. The summed E-state index contributed by atoms with van der Waals surface area (Å²) in [6.07, 6.45) is 0. The van der Waals surface area contributed by atoms with Crippen molar-refractivity contribution in [3.8, 4) is 0 Å². The molecule has 0 radical (unpaired) electrons. The zero-order chi connectivity index (χ0) is 17.7. The largest absolute Gasteiger partial charge is 0.673 e. The molecule has 0 rings (SSSR count). The molecule has 0 aliphatic heterocycles. The molecule has 0 spiro atoms. The minimum Gasteiger partial charge on any atom is -0.418 e. The fourth-order valence-corrected chi connectivity index (χ4v) is 2.44. The minimum atomic E-state index is -6.00. The molecule has 21 heavy (non-hydrogen) atoms. The molecule has 1 N–H and O–H groups in total. The Morgan fingerprint density at radius 1 is 0.571 bits per heavy atom. The third-order valence-electron chi connectivity index (χ3n) is 2.34.